The Balaban J connectivity index is 2.02. The molecular weight excluding hydrogens is 248 g/mol. The van der Waals surface area contributed by atoms with Crippen LogP contribution in [0.3, 0.4) is 0 Å². The quantitative estimate of drug-likeness (QED) is 0.772. The van der Waals surface area contributed by atoms with E-state index < -0.39 is 0 Å². The van der Waals surface area contributed by atoms with Crippen molar-refractivity contribution < 1.29 is 9.47 Å². The molecule has 0 radical (unpaired) electrons. The summed E-state index contributed by atoms with van der Waals surface area (Å²) in [6.45, 7) is 3.32. The minimum absolute atomic E-state index is 0.588. The molecule has 0 N–H and O–H groups in total. The number of rotatable bonds is 3. The Morgan fingerprint density at radius 3 is 2.50 bits per heavy atom. The first-order chi connectivity index (χ1) is 8.81. The van der Waals surface area contributed by atoms with Crippen LogP contribution in [0.5, 0.6) is 11.5 Å². The molecule has 1 aromatic rings. The van der Waals surface area contributed by atoms with Gasteiger partial charge in [0.05, 0.1) is 0 Å². The Hall–Kier alpha value is -1.33. The summed E-state index contributed by atoms with van der Waals surface area (Å²) >= 11 is 6.22. The highest BCUT2D eigenvalue weighted by Gasteiger charge is 2.14. The summed E-state index contributed by atoms with van der Waals surface area (Å²) in [4.78, 5) is 0. The number of unbranched alkanes of at least 4 members (excludes halogenated alkanes) is 1. The van der Waals surface area contributed by atoms with Crippen molar-refractivity contribution in [3.8, 4) is 23.3 Å². The van der Waals surface area contributed by atoms with Gasteiger partial charge in [0.2, 0.25) is 0 Å². The first-order valence-electron chi connectivity index (χ1n) is 6.35. The zero-order chi connectivity index (χ0) is 12.8. The summed E-state index contributed by atoms with van der Waals surface area (Å²) in [5, 5.41) is 0.733. The maximum absolute atomic E-state index is 6.22. The normalized spacial score (nSPS) is 12.8. The van der Waals surface area contributed by atoms with Gasteiger partial charge in [-0.25, -0.2) is 0 Å². The van der Waals surface area contributed by atoms with E-state index in [-0.39, 0.29) is 0 Å². The number of fused-ring (bicyclic) bond motifs is 1. The van der Waals surface area contributed by atoms with E-state index in [1.54, 1.807) is 0 Å². The average molecular weight is 265 g/mol. The summed E-state index contributed by atoms with van der Waals surface area (Å²) in [7, 11) is 0. The topological polar surface area (TPSA) is 18.5 Å². The summed E-state index contributed by atoms with van der Waals surface area (Å²) in [5.41, 5.74) is 1.08. The maximum Gasteiger partial charge on any atom is 0.162 e. The first kappa shape index (κ1) is 13.1. The number of benzene rings is 1. The fourth-order valence-electron chi connectivity index (χ4n) is 1.80. The molecule has 1 aliphatic heterocycles. The molecule has 18 heavy (non-hydrogen) atoms. The average Bonchev–Trinajstić information content (AvgIpc) is 2.39. The molecule has 96 valence electrons. The molecule has 0 aromatic heterocycles. The molecule has 1 heterocycles. The Labute approximate surface area is 113 Å². The molecule has 2 nitrogen and oxygen atoms in total. The van der Waals surface area contributed by atoms with Gasteiger partial charge in [-0.2, -0.15) is 0 Å². The van der Waals surface area contributed by atoms with Crippen molar-refractivity contribution >= 4 is 11.6 Å². The predicted octanol–water partition coefficient (Wildman–Crippen LogP) is 3.85. The summed E-state index contributed by atoms with van der Waals surface area (Å²) in [5.74, 6) is 7.84. The van der Waals surface area contributed by atoms with Crippen LogP contribution in [0.15, 0.2) is 12.1 Å². The maximum atomic E-state index is 6.22. The summed E-state index contributed by atoms with van der Waals surface area (Å²) < 4.78 is 11.0. The van der Waals surface area contributed by atoms with Crippen LogP contribution in [0, 0.1) is 11.8 Å². The molecule has 0 atom stereocenters. The first-order valence-corrected chi connectivity index (χ1v) is 6.73. The van der Waals surface area contributed by atoms with Crippen molar-refractivity contribution in [2.45, 2.75) is 32.6 Å². The predicted molar refractivity (Wildman–Crippen MR) is 73.4 cm³/mol. The lowest BCUT2D eigenvalue weighted by Crippen LogP contribution is -2.15. The SMILES string of the molecule is CCCC#CCCc1cc2c(cc1Cl)OCCO2. The van der Waals surface area contributed by atoms with Crippen LogP contribution < -0.4 is 9.47 Å². The lowest BCUT2D eigenvalue weighted by atomic mass is 10.1. The molecule has 0 amide bonds. The van der Waals surface area contributed by atoms with Crippen molar-refractivity contribution in [1.82, 2.24) is 0 Å². The van der Waals surface area contributed by atoms with E-state index in [4.69, 9.17) is 21.1 Å². The minimum atomic E-state index is 0.588. The highest BCUT2D eigenvalue weighted by Crippen LogP contribution is 2.35. The van der Waals surface area contributed by atoms with E-state index in [9.17, 15) is 0 Å². The van der Waals surface area contributed by atoms with Crippen LogP contribution in [-0.4, -0.2) is 13.2 Å². The Morgan fingerprint density at radius 1 is 1.11 bits per heavy atom. The molecular formula is C15H17ClO2. The zero-order valence-electron chi connectivity index (χ0n) is 10.6. The van der Waals surface area contributed by atoms with Crippen molar-refractivity contribution in [2.75, 3.05) is 13.2 Å². The third-order valence-electron chi connectivity index (χ3n) is 2.73. The second kappa shape index (κ2) is 6.56. The van der Waals surface area contributed by atoms with Crippen molar-refractivity contribution in [2.24, 2.45) is 0 Å². The standard InChI is InChI=1S/C15H17ClO2/c1-2-3-4-5-6-7-12-10-14-15(11-13(12)16)18-9-8-17-14/h10-11H,2-3,6-9H2,1H3. The number of aryl methyl sites for hydroxylation is 1. The molecule has 3 heteroatoms. The van der Waals surface area contributed by atoms with Crippen LogP contribution >= 0.6 is 11.6 Å². The lowest BCUT2D eigenvalue weighted by Gasteiger charge is -2.19. The zero-order valence-corrected chi connectivity index (χ0v) is 11.3. The molecule has 0 spiro atoms. The van der Waals surface area contributed by atoms with Gasteiger partial charge in [0.1, 0.15) is 13.2 Å². The van der Waals surface area contributed by atoms with Crippen molar-refractivity contribution in [1.29, 1.82) is 0 Å². The Morgan fingerprint density at radius 2 is 1.78 bits per heavy atom. The monoisotopic (exact) mass is 264 g/mol. The molecule has 2 rings (SSSR count). The van der Waals surface area contributed by atoms with Gasteiger partial charge < -0.3 is 9.47 Å². The lowest BCUT2D eigenvalue weighted by molar-refractivity contribution is 0.171. The van der Waals surface area contributed by atoms with Gasteiger partial charge in [-0.1, -0.05) is 18.5 Å². The van der Waals surface area contributed by atoms with E-state index in [0.717, 1.165) is 47.8 Å². The summed E-state index contributed by atoms with van der Waals surface area (Å²) in [6, 6.07) is 3.81. The minimum Gasteiger partial charge on any atom is -0.486 e. The highest BCUT2D eigenvalue weighted by molar-refractivity contribution is 6.31. The Bertz CT molecular complexity index is 471. The fraction of sp³-hybridized carbons (Fsp3) is 0.467. The second-order valence-corrected chi connectivity index (χ2v) is 4.60. The van der Waals surface area contributed by atoms with E-state index in [1.807, 2.05) is 12.1 Å². The fourth-order valence-corrected chi connectivity index (χ4v) is 2.04. The van der Waals surface area contributed by atoms with E-state index in [2.05, 4.69) is 18.8 Å². The van der Waals surface area contributed by atoms with E-state index in [0.29, 0.717) is 13.2 Å². The molecule has 1 aromatic carbocycles. The molecule has 1 aliphatic rings. The van der Waals surface area contributed by atoms with Gasteiger partial charge in [-0.15, -0.1) is 11.8 Å². The van der Waals surface area contributed by atoms with Crippen molar-refractivity contribution in [3.05, 3.63) is 22.7 Å². The van der Waals surface area contributed by atoms with Crippen molar-refractivity contribution in [3.63, 3.8) is 0 Å². The van der Waals surface area contributed by atoms with Gasteiger partial charge >= 0.3 is 0 Å². The van der Waals surface area contributed by atoms with Gasteiger partial charge in [-0.3, -0.25) is 0 Å². The Kier molecular flexibility index (Phi) is 4.78. The molecule has 0 bridgehead atoms. The molecule has 0 saturated heterocycles. The van der Waals surface area contributed by atoms with Gasteiger partial charge in [-0.05, 0) is 24.5 Å². The van der Waals surface area contributed by atoms with Crippen LogP contribution in [0.4, 0.5) is 0 Å². The van der Waals surface area contributed by atoms with Gasteiger partial charge in [0.25, 0.3) is 0 Å². The van der Waals surface area contributed by atoms with Crippen LogP contribution in [0.1, 0.15) is 31.7 Å². The van der Waals surface area contributed by atoms with Crippen LogP contribution in [0.2, 0.25) is 5.02 Å². The third-order valence-corrected chi connectivity index (χ3v) is 3.08. The number of ether oxygens (including phenoxy) is 2. The number of hydrogen-bond acceptors (Lipinski definition) is 2. The molecule has 0 aliphatic carbocycles. The number of hydrogen-bond donors (Lipinski definition) is 0. The third kappa shape index (κ3) is 3.34. The van der Waals surface area contributed by atoms with Crippen LogP contribution in [-0.2, 0) is 6.42 Å². The van der Waals surface area contributed by atoms with E-state index in [1.165, 1.54) is 0 Å². The molecule has 0 saturated carbocycles. The molecule has 0 unspecified atom stereocenters. The van der Waals surface area contributed by atoms with Gasteiger partial charge in [0.15, 0.2) is 11.5 Å². The largest absolute Gasteiger partial charge is 0.486 e. The molecule has 0 fully saturated rings. The smallest absolute Gasteiger partial charge is 0.162 e. The second-order valence-electron chi connectivity index (χ2n) is 4.19. The van der Waals surface area contributed by atoms with E-state index >= 15 is 0 Å². The highest BCUT2D eigenvalue weighted by atomic mass is 35.5. The summed E-state index contributed by atoms with van der Waals surface area (Å²) in [6.07, 6.45) is 3.76. The number of halogens is 1. The van der Waals surface area contributed by atoms with Gasteiger partial charge in [0, 0.05) is 23.9 Å². The van der Waals surface area contributed by atoms with Crippen LogP contribution in [0.25, 0.3) is 0 Å².